The van der Waals surface area contributed by atoms with Crippen molar-refractivity contribution in [3.05, 3.63) is 51.1 Å². The lowest BCUT2D eigenvalue weighted by Gasteiger charge is -2.44. The Morgan fingerprint density at radius 1 is 1.17 bits per heavy atom. The highest BCUT2D eigenvalue weighted by Gasteiger charge is 2.40. The van der Waals surface area contributed by atoms with Crippen LogP contribution in [-0.4, -0.2) is 17.2 Å². The van der Waals surface area contributed by atoms with Crippen LogP contribution < -0.4 is 0 Å². The number of fused-ring (bicyclic) bond motifs is 3. The number of hydrogen-bond acceptors (Lipinski definition) is 3. The molecule has 0 N–H and O–H groups in total. The molecule has 4 nitrogen and oxygen atoms in total. The van der Waals surface area contributed by atoms with Crippen LogP contribution in [-0.2, 0) is 0 Å². The first kappa shape index (κ1) is 15.6. The molecule has 4 rings (SSSR count). The standard InChI is InChI=1S/C20H24N2O2/c23-22(24)17-8-3-5-14(11-17)13-21-20-16-7-4-10-19(20)18-9-2-1-6-15(18)12-16/h3,5,8,11,13,16,19-20H,1-2,4,6-7,9-10,12H2/t16-,19-,20+/m0/s1. The molecule has 4 heteroatoms. The summed E-state index contributed by atoms with van der Waals surface area (Å²) in [7, 11) is 0. The van der Waals surface area contributed by atoms with Crippen LogP contribution in [0.5, 0.6) is 0 Å². The molecule has 0 saturated heterocycles. The van der Waals surface area contributed by atoms with E-state index in [1.807, 2.05) is 12.3 Å². The maximum atomic E-state index is 10.9. The second-order valence-corrected chi connectivity index (χ2v) is 7.46. The van der Waals surface area contributed by atoms with Crippen molar-refractivity contribution in [2.45, 2.75) is 57.4 Å². The van der Waals surface area contributed by atoms with Gasteiger partial charge in [0.05, 0.1) is 11.0 Å². The van der Waals surface area contributed by atoms with Crippen LogP contribution in [0.1, 0.15) is 56.9 Å². The Kier molecular flexibility index (Phi) is 4.21. The molecule has 1 aromatic rings. The first-order chi connectivity index (χ1) is 11.7. The molecule has 0 heterocycles. The second kappa shape index (κ2) is 6.50. The lowest BCUT2D eigenvalue weighted by Crippen LogP contribution is -2.38. The predicted octanol–water partition coefficient (Wildman–Crippen LogP) is 5.07. The summed E-state index contributed by atoms with van der Waals surface area (Å²) >= 11 is 0. The first-order valence-electron chi connectivity index (χ1n) is 9.21. The van der Waals surface area contributed by atoms with Gasteiger partial charge in [-0.1, -0.05) is 29.7 Å². The van der Waals surface area contributed by atoms with Gasteiger partial charge in [-0.05, 0) is 56.4 Å². The fourth-order valence-corrected chi connectivity index (χ4v) is 4.98. The highest BCUT2D eigenvalue weighted by Crippen LogP contribution is 2.49. The van der Waals surface area contributed by atoms with E-state index in [-0.39, 0.29) is 10.6 Å². The van der Waals surface area contributed by atoms with Crippen molar-refractivity contribution >= 4 is 11.9 Å². The molecular formula is C20H24N2O2. The van der Waals surface area contributed by atoms with E-state index in [4.69, 9.17) is 4.99 Å². The van der Waals surface area contributed by atoms with Crippen LogP contribution in [0.3, 0.4) is 0 Å². The number of nitro groups is 1. The molecular weight excluding hydrogens is 300 g/mol. The predicted molar refractivity (Wildman–Crippen MR) is 95.4 cm³/mol. The Morgan fingerprint density at radius 2 is 2.04 bits per heavy atom. The highest BCUT2D eigenvalue weighted by atomic mass is 16.6. The van der Waals surface area contributed by atoms with Gasteiger partial charge in [0, 0.05) is 24.3 Å². The summed E-state index contributed by atoms with van der Waals surface area (Å²) in [4.78, 5) is 15.5. The normalized spacial score (nSPS) is 29.6. The van der Waals surface area contributed by atoms with Gasteiger partial charge in [0.15, 0.2) is 0 Å². The number of allylic oxidation sites excluding steroid dienone is 1. The van der Waals surface area contributed by atoms with Crippen molar-refractivity contribution in [2.75, 3.05) is 0 Å². The van der Waals surface area contributed by atoms with Crippen molar-refractivity contribution in [2.24, 2.45) is 16.8 Å². The van der Waals surface area contributed by atoms with Gasteiger partial charge in [-0.25, -0.2) is 0 Å². The summed E-state index contributed by atoms with van der Waals surface area (Å²) in [5.41, 5.74) is 4.45. The third-order valence-electron chi connectivity index (χ3n) is 6.05. The zero-order chi connectivity index (χ0) is 16.5. The molecule has 0 spiro atoms. The van der Waals surface area contributed by atoms with Crippen LogP contribution in [0.4, 0.5) is 5.69 Å². The van der Waals surface area contributed by atoms with Crippen molar-refractivity contribution < 1.29 is 4.92 Å². The largest absolute Gasteiger partial charge is 0.288 e. The van der Waals surface area contributed by atoms with Crippen LogP contribution in [0.15, 0.2) is 40.4 Å². The topological polar surface area (TPSA) is 55.5 Å². The number of benzene rings is 1. The van der Waals surface area contributed by atoms with Crippen molar-refractivity contribution in [3.63, 3.8) is 0 Å². The van der Waals surface area contributed by atoms with Crippen LogP contribution in [0.2, 0.25) is 0 Å². The van der Waals surface area contributed by atoms with Crippen LogP contribution >= 0.6 is 0 Å². The van der Waals surface area contributed by atoms with E-state index in [0.29, 0.717) is 17.9 Å². The minimum absolute atomic E-state index is 0.139. The Labute approximate surface area is 142 Å². The summed E-state index contributed by atoms with van der Waals surface area (Å²) in [6, 6.07) is 7.18. The molecule has 0 aliphatic heterocycles. The molecule has 24 heavy (non-hydrogen) atoms. The maximum absolute atomic E-state index is 10.9. The molecule has 0 radical (unpaired) electrons. The third-order valence-corrected chi connectivity index (χ3v) is 6.05. The number of nitro benzene ring substituents is 1. The Morgan fingerprint density at radius 3 is 2.92 bits per heavy atom. The quantitative estimate of drug-likeness (QED) is 0.337. The second-order valence-electron chi connectivity index (χ2n) is 7.46. The average molecular weight is 324 g/mol. The molecule has 0 unspecified atom stereocenters. The molecule has 0 amide bonds. The van der Waals surface area contributed by atoms with Crippen LogP contribution in [0.25, 0.3) is 0 Å². The molecule has 3 aliphatic rings. The summed E-state index contributed by atoms with van der Waals surface area (Å²) in [6.45, 7) is 0. The molecule has 3 aliphatic carbocycles. The van der Waals surface area contributed by atoms with Crippen molar-refractivity contribution in [1.29, 1.82) is 0 Å². The van der Waals surface area contributed by atoms with Gasteiger partial charge >= 0.3 is 0 Å². The Balaban J connectivity index is 1.59. The summed E-state index contributed by atoms with van der Waals surface area (Å²) in [6.07, 6.45) is 12.3. The van der Waals surface area contributed by atoms with E-state index in [0.717, 1.165) is 5.56 Å². The lowest BCUT2D eigenvalue weighted by atomic mass is 9.63. The fraction of sp³-hybridized carbons (Fsp3) is 0.550. The maximum Gasteiger partial charge on any atom is 0.270 e. The smallest absolute Gasteiger partial charge is 0.270 e. The molecule has 1 aromatic carbocycles. The van der Waals surface area contributed by atoms with Gasteiger partial charge in [-0.2, -0.15) is 0 Å². The van der Waals surface area contributed by atoms with Crippen molar-refractivity contribution in [3.8, 4) is 0 Å². The zero-order valence-electron chi connectivity index (χ0n) is 14.0. The first-order valence-corrected chi connectivity index (χ1v) is 9.21. The molecule has 2 bridgehead atoms. The highest BCUT2D eigenvalue weighted by molar-refractivity contribution is 5.80. The number of nitrogens with zero attached hydrogens (tertiary/aromatic N) is 2. The number of rotatable bonds is 3. The van der Waals surface area contributed by atoms with Gasteiger partial charge in [-0.15, -0.1) is 0 Å². The van der Waals surface area contributed by atoms with Crippen molar-refractivity contribution in [1.82, 2.24) is 0 Å². The molecule has 0 aromatic heterocycles. The number of hydrogen-bond donors (Lipinski definition) is 0. The average Bonchev–Trinajstić information content (AvgIpc) is 2.60. The van der Waals surface area contributed by atoms with Gasteiger partial charge in [-0.3, -0.25) is 15.1 Å². The molecule has 1 saturated carbocycles. The van der Waals surface area contributed by atoms with E-state index in [1.165, 1.54) is 57.4 Å². The van der Waals surface area contributed by atoms with Gasteiger partial charge in [0.25, 0.3) is 5.69 Å². The monoisotopic (exact) mass is 324 g/mol. The third kappa shape index (κ3) is 2.90. The van der Waals surface area contributed by atoms with E-state index in [1.54, 1.807) is 23.3 Å². The van der Waals surface area contributed by atoms with E-state index < -0.39 is 0 Å². The number of non-ortho nitro benzene ring substituents is 1. The van der Waals surface area contributed by atoms with Crippen LogP contribution in [0, 0.1) is 22.0 Å². The van der Waals surface area contributed by atoms with Gasteiger partial charge < -0.3 is 0 Å². The number of aliphatic imine (C=N–C) groups is 1. The van der Waals surface area contributed by atoms with E-state index in [9.17, 15) is 10.1 Å². The van der Waals surface area contributed by atoms with E-state index in [2.05, 4.69) is 0 Å². The van der Waals surface area contributed by atoms with E-state index >= 15 is 0 Å². The summed E-state index contributed by atoms with van der Waals surface area (Å²) in [5, 5.41) is 10.9. The lowest BCUT2D eigenvalue weighted by molar-refractivity contribution is -0.384. The minimum Gasteiger partial charge on any atom is -0.288 e. The summed E-state index contributed by atoms with van der Waals surface area (Å²) in [5.74, 6) is 1.30. The Bertz CT molecular complexity index is 707. The zero-order valence-corrected chi connectivity index (χ0v) is 14.0. The SMILES string of the molecule is O=[N+]([O-])c1cccc(C=N[C@@H]2[C@H]3CCC[C@H]2C2=C(CCCC2)C3)c1. The molecule has 126 valence electrons. The van der Waals surface area contributed by atoms with Gasteiger partial charge in [0.1, 0.15) is 0 Å². The fourth-order valence-electron chi connectivity index (χ4n) is 4.98. The summed E-state index contributed by atoms with van der Waals surface area (Å²) < 4.78 is 0. The molecule has 3 atom stereocenters. The minimum atomic E-state index is -0.341. The molecule has 1 fully saturated rings. The Hall–Kier alpha value is -1.97. The van der Waals surface area contributed by atoms with Gasteiger partial charge in [0.2, 0.25) is 0 Å².